The molecule has 8 nitrogen and oxygen atoms in total. The normalized spacial score (nSPS) is 18.5. The second-order valence-corrected chi connectivity index (χ2v) is 9.88. The Morgan fingerprint density at radius 1 is 1.10 bits per heavy atom. The fourth-order valence-electron chi connectivity index (χ4n) is 4.94. The average molecular weight is 426 g/mol. The molecule has 9 heteroatoms. The van der Waals surface area contributed by atoms with Crippen LogP contribution in [0.3, 0.4) is 0 Å². The lowest BCUT2D eigenvalue weighted by Crippen LogP contribution is -2.43. The summed E-state index contributed by atoms with van der Waals surface area (Å²) < 4.78 is 25.2. The lowest BCUT2D eigenvalue weighted by Gasteiger charge is -2.42. The van der Waals surface area contributed by atoms with E-state index in [0.29, 0.717) is 30.3 Å². The molecular weight excluding hydrogens is 402 g/mol. The quantitative estimate of drug-likeness (QED) is 0.666. The van der Waals surface area contributed by atoms with E-state index in [0.717, 1.165) is 42.4 Å². The molecule has 1 aliphatic heterocycles. The molecule has 2 aliphatic rings. The molecule has 0 atom stereocenters. The summed E-state index contributed by atoms with van der Waals surface area (Å²) >= 11 is 0. The first-order chi connectivity index (χ1) is 14.3. The molecule has 1 saturated carbocycles. The number of nitrogens with one attached hydrogen (secondary N) is 1. The SMILES string of the molecule is NS(=O)(=O)c1ccc(Nc2ncc3cc4n(c3n2)C2(CCCCC2)CC(=O)C4)cc1. The predicted octanol–water partition coefficient (Wildman–Crippen LogP) is 3.00. The van der Waals surface area contributed by atoms with Crippen LogP contribution in [0.5, 0.6) is 0 Å². The van der Waals surface area contributed by atoms with Crippen molar-refractivity contribution in [2.24, 2.45) is 5.14 Å². The van der Waals surface area contributed by atoms with Crippen molar-refractivity contribution in [2.45, 2.75) is 55.4 Å². The standard InChI is InChI=1S/C21H23N5O3S/c22-30(28,29)18-6-4-15(5-7-18)24-20-23-13-14-10-16-11-17(27)12-21(8-2-1-3-9-21)26(16)19(14)25-20/h4-7,10,13H,1-3,8-9,11-12H2,(H2,22,28,29)(H,23,24,25). The summed E-state index contributed by atoms with van der Waals surface area (Å²) in [5.74, 6) is 0.725. The highest BCUT2D eigenvalue weighted by molar-refractivity contribution is 7.89. The number of carbonyl (C=O) groups excluding carboxylic acids is 1. The summed E-state index contributed by atoms with van der Waals surface area (Å²) in [7, 11) is -3.73. The highest BCUT2D eigenvalue weighted by atomic mass is 32.2. The monoisotopic (exact) mass is 425 g/mol. The Morgan fingerprint density at radius 2 is 1.83 bits per heavy atom. The largest absolute Gasteiger partial charge is 0.324 e. The van der Waals surface area contributed by atoms with Crippen molar-refractivity contribution in [3.8, 4) is 0 Å². The number of Topliss-reactive ketones (excluding diaryl/α,β-unsaturated/α-hetero) is 1. The van der Waals surface area contributed by atoms with Crippen molar-refractivity contribution in [3.05, 3.63) is 42.2 Å². The van der Waals surface area contributed by atoms with Gasteiger partial charge in [-0.1, -0.05) is 19.3 Å². The zero-order valence-electron chi connectivity index (χ0n) is 16.5. The fourth-order valence-corrected chi connectivity index (χ4v) is 5.46. The lowest BCUT2D eigenvalue weighted by atomic mass is 9.75. The maximum absolute atomic E-state index is 12.5. The van der Waals surface area contributed by atoms with Crippen molar-refractivity contribution < 1.29 is 13.2 Å². The van der Waals surface area contributed by atoms with E-state index >= 15 is 0 Å². The number of primary sulfonamides is 1. The zero-order chi connectivity index (χ0) is 20.9. The summed E-state index contributed by atoms with van der Waals surface area (Å²) in [5.41, 5.74) is 2.35. The highest BCUT2D eigenvalue weighted by Crippen LogP contribution is 2.44. The number of ketones is 1. The lowest BCUT2D eigenvalue weighted by molar-refractivity contribution is -0.122. The Morgan fingerprint density at radius 3 is 2.53 bits per heavy atom. The van der Waals surface area contributed by atoms with Crippen molar-refractivity contribution >= 4 is 38.5 Å². The summed E-state index contributed by atoms with van der Waals surface area (Å²) in [5, 5.41) is 9.22. The molecule has 5 rings (SSSR count). The number of anilines is 2. The van der Waals surface area contributed by atoms with E-state index in [4.69, 9.17) is 10.1 Å². The van der Waals surface area contributed by atoms with Gasteiger partial charge in [0.1, 0.15) is 11.4 Å². The van der Waals surface area contributed by atoms with E-state index in [2.05, 4.69) is 14.9 Å². The van der Waals surface area contributed by atoms with E-state index in [9.17, 15) is 13.2 Å². The maximum Gasteiger partial charge on any atom is 0.238 e. The molecule has 30 heavy (non-hydrogen) atoms. The average Bonchev–Trinajstić information content (AvgIpc) is 3.06. The van der Waals surface area contributed by atoms with Crippen LogP contribution < -0.4 is 10.5 Å². The first kappa shape index (κ1) is 19.2. The number of nitrogens with zero attached hydrogens (tertiary/aromatic N) is 3. The van der Waals surface area contributed by atoms with Crippen LogP contribution in [0.15, 0.2) is 41.4 Å². The third-order valence-electron chi connectivity index (χ3n) is 6.22. The van der Waals surface area contributed by atoms with Crippen molar-refractivity contribution in [3.63, 3.8) is 0 Å². The van der Waals surface area contributed by atoms with Crippen molar-refractivity contribution in [1.29, 1.82) is 0 Å². The molecule has 2 aromatic heterocycles. The van der Waals surface area contributed by atoms with Crippen LogP contribution in [0.4, 0.5) is 11.6 Å². The molecule has 0 bridgehead atoms. The van der Waals surface area contributed by atoms with Gasteiger partial charge in [-0.05, 0) is 43.2 Å². The van der Waals surface area contributed by atoms with Crippen LogP contribution in [-0.2, 0) is 26.8 Å². The molecule has 3 N–H and O–H groups in total. The number of hydrogen-bond acceptors (Lipinski definition) is 6. The van der Waals surface area contributed by atoms with Gasteiger partial charge in [-0.25, -0.2) is 18.5 Å². The van der Waals surface area contributed by atoms with Crippen LogP contribution in [0, 0.1) is 0 Å². The molecule has 1 aromatic carbocycles. The Bertz CT molecular complexity index is 1240. The second-order valence-electron chi connectivity index (χ2n) is 8.32. The van der Waals surface area contributed by atoms with Crippen molar-refractivity contribution in [1.82, 2.24) is 14.5 Å². The van der Waals surface area contributed by atoms with E-state index in [1.165, 1.54) is 18.6 Å². The van der Waals surface area contributed by atoms with Crippen LogP contribution in [0.25, 0.3) is 11.0 Å². The van der Waals surface area contributed by atoms with E-state index in [1.807, 2.05) is 6.07 Å². The Balaban J connectivity index is 1.53. The van der Waals surface area contributed by atoms with Crippen LogP contribution in [-0.4, -0.2) is 28.7 Å². The molecule has 3 aromatic rings. The Hall–Kier alpha value is -2.78. The number of rotatable bonds is 3. The number of fused-ring (bicyclic) bond motifs is 4. The van der Waals surface area contributed by atoms with Gasteiger partial charge in [-0.2, -0.15) is 4.98 Å². The van der Waals surface area contributed by atoms with Gasteiger partial charge in [0.15, 0.2) is 0 Å². The van der Waals surface area contributed by atoms with Gasteiger partial charge in [0, 0.05) is 35.8 Å². The number of hydrogen-bond donors (Lipinski definition) is 2. The molecule has 1 fully saturated rings. The highest BCUT2D eigenvalue weighted by Gasteiger charge is 2.41. The van der Waals surface area contributed by atoms with Crippen LogP contribution in [0.1, 0.15) is 44.2 Å². The third-order valence-corrected chi connectivity index (χ3v) is 7.15. The van der Waals surface area contributed by atoms with Gasteiger partial charge >= 0.3 is 0 Å². The minimum Gasteiger partial charge on any atom is -0.324 e. The predicted molar refractivity (Wildman–Crippen MR) is 113 cm³/mol. The second kappa shape index (κ2) is 6.88. The van der Waals surface area contributed by atoms with E-state index in [-0.39, 0.29) is 10.4 Å². The van der Waals surface area contributed by atoms with Gasteiger partial charge in [0.2, 0.25) is 16.0 Å². The smallest absolute Gasteiger partial charge is 0.238 e. The molecule has 0 unspecified atom stereocenters. The van der Waals surface area contributed by atoms with Gasteiger partial charge in [0.05, 0.1) is 10.4 Å². The Kier molecular flexibility index (Phi) is 4.41. The molecule has 0 radical (unpaired) electrons. The summed E-state index contributed by atoms with van der Waals surface area (Å²) in [4.78, 5) is 21.7. The van der Waals surface area contributed by atoms with Crippen molar-refractivity contribution in [2.75, 3.05) is 5.32 Å². The molecule has 1 spiro atoms. The van der Waals surface area contributed by atoms with E-state index < -0.39 is 10.0 Å². The molecular formula is C21H23N5O3S. The first-order valence-electron chi connectivity index (χ1n) is 10.1. The molecule has 156 valence electrons. The minimum absolute atomic E-state index is 0.0500. The molecule has 3 heterocycles. The first-order valence-corrected chi connectivity index (χ1v) is 11.7. The number of sulfonamides is 1. The van der Waals surface area contributed by atoms with Crippen LogP contribution >= 0.6 is 0 Å². The number of nitrogens with two attached hydrogens (primary N) is 1. The molecule has 0 saturated heterocycles. The maximum atomic E-state index is 12.5. The van der Waals surface area contributed by atoms with Gasteiger partial charge in [-0.3, -0.25) is 4.79 Å². The fraction of sp³-hybridized carbons (Fsp3) is 0.381. The van der Waals surface area contributed by atoms with Gasteiger partial charge in [-0.15, -0.1) is 0 Å². The van der Waals surface area contributed by atoms with E-state index in [1.54, 1.807) is 18.3 Å². The number of benzene rings is 1. The summed E-state index contributed by atoms with van der Waals surface area (Å²) in [6.07, 6.45) is 8.24. The minimum atomic E-state index is -3.73. The van der Waals surface area contributed by atoms with Gasteiger partial charge < -0.3 is 9.88 Å². The summed E-state index contributed by atoms with van der Waals surface area (Å²) in [6, 6.07) is 8.17. The zero-order valence-corrected chi connectivity index (χ0v) is 17.3. The topological polar surface area (TPSA) is 120 Å². The third kappa shape index (κ3) is 3.27. The van der Waals surface area contributed by atoms with Gasteiger partial charge in [0.25, 0.3) is 0 Å². The number of carbonyl (C=O) groups is 1. The molecule has 1 aliphatic carbocycles. The number of aromatic nitrogens is 3. The summed E-state index contributed by atoms with van der Waals surface area (Å²) in [6.45, 7) is 0. The Labute approximate surface area is 174 Å². The molecule has 0 amide bonds. The van der Waals surface area contributed by atoms with Crippen LogP contribution in [0.2, 0.25) is 0 Å².